The average Bonchev–Trinajstić information content (AvgIpc) is 2.42. The van der Waals surface area contributed by atoms with Crippen molar-refractivity contribution in [1.82, 2.24) is 0 Å². The summed E-state index contributed by atoms with van der Waals surface area (Å²) in [7, 11) is 0. The van der Waals surface area contributed by atoms with E-state index in [2.05, 4.69) is 12.1 Å². The van der Waals surface area contributed by atoms with E-state index in [0.717, 1.165) is 11.3 Å². The molecule has 0 aliphatic heterocycles. The van der Waals surface area contributed by atoms with Crippen LogP contribution >= 0.6 is 24.2 Å². The molecule has 0 bridgehead atoms. The normalized spacial score (nSPS) is 11.7. The molecule has 1 nitrogen and oxygen atoms in total. The van der Waals surface area contributed by atoms with Crippen LogP contribution in [0.5, 0.6) is 0 Å². The van der Waals surface area contributed by atoms with Crippen molar-refractivity contribution in [1.29, 1.82) is 0 Å². The maximum Gasteiger partial charge on any atom is 0.123 e. The molecule has 0 radical (unpaired) electrons. The second-order valence-corrected chi connectivity index (χ2v) is 5.21. The van der Waals surface area contributed by atoms with Crippen molar-refractivity contribution < 1.29 is 4.39 Å². The SMILES string of the molecule is Cl.NCCSC(c1ccccc1)c1ccc(F)cc1. The summed E-state index contributed by atoms with van der Waals surface area (Å²) < 4.78 is 13.0. The predicted molar refractivity (Wildman–Crippen MR) is 83.4 cm³/mol. The maximum atomic E-state index is 13.0. The Bertz CT molecular complexity index is 475. The van der Waals surface area contributed by atoms with Gasteiger partial charge in [-0.1, -0.05) is 42.5 Å². The zero-order valence-corrected chi connectivity index (χ0v) is 12.1. The Labute approximate surface area is 123 Å². The van der Waals surface area contributed by atoms with Crippen LogP contribution in [0.15, 0.2) is 54.6 Å². The molecule has 2 aromatic rings. The lowest BCUT2D eigenvalue weighted by Gasteiger charge is -2.17. The Morgan fingerprint density at radius 3 is 2.11 bits per heavy atom. The molecular weight excluding hydrogens is 281 g/mol. The fraction of sp³-hybridized carbons (Fsp3) is 0.200. The third kappa shape index (κ3) is 4.53. The van der Waals surface area contributed by atoms with Crippen LogP contribution in [-0.4, -0.2) is 12.3 Å². The molecular formula is C15H17ClFNS. The smallest absolute Gasteiger partial charge is 0.123 e. The summed E-state index contributed by atoms with van der Waals surface area (Å²) in [6.45, 7) is 0.648. The number of nitrogens with two attached hydrogens (primary N) is 1. The predicted octanol–water partition coefficient (Wildman–Crippen LogP) is 4.03. The number of benzene rings is 2. The lowest BCUT2D eigenvalue weighted by molar-refractivity contribution is 0.627. The van der Waals surface area contributed by atoms with Gasteiger partial charge in [0.2, 0.25) is 0 Å². The van der Waals surface area contributed by atoms with Gasteiger partial charge in [0.15, 0.2) is 0 Å². The summed E-state index contributed by atoms with van der Waals surface area (Å²) in [4.78, 5) is 0. The molecule has 0 spiro atoms. The number of halogens is 2. The van der Waals surface area contributed by atoms with Crippen LogP contribution in [0.25, 0.3) is 0 Å². The first kappa shape index (κ1) is 16.0. The van der Waals surface area contributed by atoms with E-state index in [1.54, 1.807) is 11.8 Å². The Balaban J connectivity index is 0.00000180. The van der Waals surface area contributed by atoms with E-state index >= 15 is 0 Å². The van der Waals surface area contributed by atoms with Crippen molar-refractivity contribution in [3.8, 4) is 0 Å². The fourth-order valence-corrected chi connectivity index (χ4v) is 2.91. The van der Waals surface area contributed by atoms with Crippen LogP contribution in [0.3, 0.4) is 0 Å². The van der Waals surface area contributed by atoms with Gasteiger partial charge in [-0.05, 0) is 23.3 Å². The molecule has 1 atom stereocenters. The van der Waals surface area contributed by atoms with E-state index in [1.807, 2.05) is 30.3 Å². The van der Waals surface area contributed by atoms with E-state index in [9.17, 15) is 4.39 Å². The van der Waals surface area contributed by atoms with Crippen molar-refractivity contribution in [3.05, 3.63) is 71.5 Å². The van der Waals surface area contributed by atoms with Gasteiger partial charge in [-0.15, -0.1) is 24.2 Å². The highest BCUT2D eigenvalue weighted by Crippen LogP contribution is 2.35. The molecule has 4 heteroatoms. The summed E-state index contributed by atoms with van der Waals surface area (Å²) in [5.74, 6) is 0.686. The van der Waals surface area contributed by atoms with Gasteiger partial charge in [-0.2, -0.15) is 0 Å². The van der Waals surface area contributed by atoms with E-state index in [1.165, 1.54) is 17.7 Å². The lowest BCUT2D eigenvalue weighted by Crippen LogP contribution is -2.05. The van der Waals surface area contributed by atoms with Crippen LogP contribution in [0.1, 0.15) is 16.4 Å². The highest BCUT2D eigenvalue weighted by molar-refractivity contribution is 7.99. The molecule has 0 aliphatic carbocycles. The summed E-state index contributed by atoms with van der Waals surface area (Å²) in [6.07, 6.45) is 0. The zero-order valence-electron chi connectivity index (χ0n) is 10.5. The quantitative estimate of drug-likeness (QED) is 0.902. The second-order valence-electron chi connectivity index (χ2n) is 4.00. The molecule has 102 valence electrons. The van der Waals surface area contributed by atoms with Gasteiger partial charge in [-0.25, -0.2) is 4.39 Å². The van der Waals surface area contributed by atoms with Crippen LogP contribution in [0.4, 0.5) is 4.39 Å². The molecule has 2 N–H and O–H groups in total. The molecule has 19 heavy (non-hydrogen) atoms. The van der Waals surface area contributed by atoms with E-state index in [4.69, 9.17) is 5.73 Å². The molecule has 0 saturated carbocycles. The third-order valence-electron chi connectivity index (χ3n) is 2.68. The first-order chi connectivity index (χ1) is 8.81. The lowest BCUT2D eigenvalue weighted by atomic mass is 10.0. The number of hydrogen-bond acceptors (Lipinski definition) is 2. The number of hydrogen-bond donors (Lipinski definition) is 1. The summed E-state index contributed by atoms with van der Waals surface area (Å²) in [6, 6.07) is 16.9. The highest BCUT2D eigenvalue weighted by Gasteiger charge is 2.13. The van der Waals surface area contributed by atoms with Crippen molar-refractivity contribution in [2.75, 3.05) is 12.3 Å². The minimum absolute atomic E-state index is 0. The number of rotatable bonds is 5. The molecule has 2 rings (SSSR count). The monoisotopic (exact) mass is 297 g/mol. The standard InChI is InChI=1S/C15H16FNS.ClH/c16-14-8-6-13(7-9-14)15(18-11-10-17)12-4-2-1-3-5-12;/h1-9,15H,10-11,17H2;1H. The fourth-order valence-electron chi connectivity index (χ4n) is 1.84. The van der Waals surface area contributed by atoms with Crippen LogP contribution in [-0.2, 0) is 0 Å². The zero-order chi connectivity index (χ0) is 12.8. The first-order valence-electron chi connectivity index (χ1n) is 5.93. The second kappa shape index (κ2) is 8.20. The van der Waals surface area contributed by atoms with Crippen LogP contribution in [0.2, 0.25) is 0 Å². The van der Waals surface area contributed by atoms with Gasteiger partial charge in [-0.3, -0.25) is 0 Å². The van der Waals surface area contributed by atoms with Crippen LogP contribution in [0, 0.1) is 5.82 Å². The average molecular weight is 298 g/mol. The molecule has 2 aromatic carbocycles. The Morgan fingerprint density at radius 1 is 0.947 bits per heavy atom. The highest BCUT2D eigenvalue weighted by atomic mass is 35.5. The van der Waals surface area contributed by atoms with Gasteiger partial charge in [0.25, 0.3) is 0 Å². The van der Waals surface area contributed by atoms with Gasteiger partial charge < -0.3 is 5.73 Å². The molecule has 0 aromatic heterocycles. The van der Waals surface area contributed by atoms with Crippen molar-refractivity contribution in [2.45, 2.75) is 5.25 Å². The minimum atomic E-state index is -0.200. The summed E-state index contributed by atoms with van der Waals surface area (Å²) >= 11 is 1.79. The van der Waals surface area contributed by atoms with Crippen molar-refractivity contribution in [3.63, 3.8) is 0 Å². The summed E-state index contributed by atoms with van der Waals surface area (Å²) in [5.41, 5.74) is 7.91. The molecule has 0 aliphatic rings. The van der Waals surface area contributed by atoms with Crippen LogP contribution < -0.4 is 5.73 Å². The Hall–Kier alpha value is -1.03. The largest absolute Gasteiger partial charge is 0.330 e. The van der Waals surface area contributed by atoms with Crippen molar-refractivity contribution >= 4 is 24.2 Å². The molecule has 1 unspecified atom stereocenters. The maximum absolute atomic E-state index is 13.0. The van der Waals surface area contributed by atoms with Gasteiger partial charge in [0.05, 0.1) is 5.25 Å². The van der Waals surface area contributed by atoms with Crippen molar-refractivity contribution in [2.24, 2.45) is 5.73 Å². The minimum Gasteiger partial charge on any atom is -0.330 e. The molecule has 0 heterocycles. The molecule has 0 fully saturated rings. The third-order valence-corrected chi connectivity index (χ3v) is 4.03. The topological polar surface area (TPSA) is 26.0 Å². The van der Waals surface area contributed by atoms with E-state index in [0.29, 0.717) is 6.54 Å². The summed E-state index contributed by atoms with van der Waals surface area (Å²) in [5, 5.41) is 0.218. The van der Waals surface area contributed by atoms with E-state index < -0.39 is 0 Å². The first-order valence-corrected chi connectivity index (χ1v) is 6.98. The molecule has 0 saturated heterocycles. The van der Waals surface area contributed by atoms with Gasteiger partial charge in [0, 0.05) is 12.3 Å². The van der Waals surface area contributed by atoms with Gasteiger partial charge >= 0.3 is 0 Å². The number of thioether (sulfide) groups is 1. The Morgan fingerprint density at radius 2 is 1.53 bits per heavy atom. The van der Waals surface area contributed by atoms with E-state index in [-0.39, 0.29) is 23.5 Å². The Kier molecular flexibility index (Phi) is 6.92. The molecule has 0 amide bonds. The van der Waals surface area contributed by atoms with Gasteiger partial charge in [0.1, 0.15) is 5.82 Å².